The van der Waals surface area contributed by atoms with Crippen molar-refractivity contribution in [3.8, 4) is 0 Å². The van der Waals surface area contributed by atoms with Crippen LogP contribution in [0.3, 0.4) is 0 Å². The number of nitrogens with zero attached hydrogens (tertiary/aromatic N) is 2. The fraction of sp³-hybridized carbons (Fsp3) is 0.632. The van der Waals surface area contributed by atoms with Gasteiger partial charge >= 0.3 is 0 Å². The van der Waals surface area contributed by atoms with Crippen molar-refractivity contribution in [1.29, 1.82) is 0 Å². The van der Waals surface area contributed by atoms with E-state index in [0.717, 1.165) is 62.4 Å². The van der Waals surface area contributed by atoms with Gasteiger partial charge in [-0.15, -0.1) is 35.7 Å². The predicted octanol–water partition coefficient (Wildman–Crippen LogP) is 3.20. The number of guanidine groups is 1. The number of halogens is 2. The van der Waals surface area contributed by atoms with Crippen LogP contribution in [0.15, 0.2) is 34.2 Å². The summed E-state index contributed by atoms with van der Waals surface area (Å²) in [6.45, 7) is 9.74. The summed E-state index contributed by atoms with van der Waals surface area (Å²) in [5.41, 5.74) is 0.0554. The molecule has 2 N–H and O–H groups in total. The van der Waals surface area contributed by atoms with Gasteiger partial charge in [0.25, 0.3) is 0 Å². The molecule has 154 valence electrons. The summed E-state index contributed by atoms with van der Waals surface area (Å²) in [6, 6.07) is 6.65. The third kappa shape index (κ3) is 8.97. The fourth-order valence-corrected chi connectivity index (χ4v) is 3.65. The predicted molar refractivity (Wildman–Crippen MR) is 123 cm³/mol. The molecule has 8 heteroatoms. The van der Waals surface area contributed by atoms with E-state index in [4.69, 9.17) is 4.74 Å². The summed E-state index contributed by atoms with van der Waals surface area (Å²) < 4.78 is 18.3. The molecule has 1 aromatic rings. The van der Waals surface area contributed by atoms with E-state index in [1.165, 1.54) is 12.1 Å². The van der Waals surface area contributed by atoms with E-state index in [-0.39, 0.29) is 35.3 Å². The van der Waals surface area contributed by atoms with Crippen LogP contribution in [0, 0.1) is 5.82 Å². The van der Waals surface area contributed by atoms with Crippen molar-refractivity contribution in [3.05, 3.63) is 30.1 Å². The number of ether oxygens (including phenoxy) is 1. The van der Waals surface area contributed by atoms with E-state index in [9.17, 15) is 4.39 Å². The number of hydrogen-bond donors (Lipinski definition) is 2. The lowest BCUT2D eigenvalue weighted by molar-refractivity contribution is -0.00833. The van der Waals surface area contributed by atoms with Crippen LogP contribution in [-0.2, 0) is 4.74 Å². The summed E-state index contributed by atoms with van der Waals surface area (Å²) >= 11 is 1.74. The molecule has 0 amide bonds. The van der Waals surface area contributed by atoms with Crippen LogP contribution in [0.25, 0.3) is 0 Å². The zero-order valence-corrected chi connectivity index (χ0v) is 19.6. The molecule has 1 fully saturated rings. The summed E-state index contributed by atoms with van der Waals surface area (Å²) in [4.78, 5) is 7.86. The van der Waals surface area contributed by atoms with Crippen LogP contribution in [0.2, 0.25) is 0 Å². The molecule has 1 aromatic carbocycles. The van der Waals surface area contributed by atoms with Gasteiger partial charge in [0, 0.05) is 43.7 Å². The molecule has 2 rings (SSSR count). The smallest absolute Gasteiger partial charge is 0.191 e. The van der Waals surface area contributed by atoms with Crippen molar-refractivity contribution in [2.24, 2.45) is 4.99 Å². The Morgan fingerprint density at radius 2 is 1.89 bits per heavy atom. The Balaban J connectivity index is 0.00000364. The highest BCUT2D eigenvalue weighted by Crippen LogP contribution is 2.18. The maximum absolute atomic E-state index is 12.9. The maximum atomic E-state index is 12.9. The Hall–Kier alpha value is -0.580. The van der Waals surface area contributed by atoms with Crippen molar-refractivity contribution in [3.63, 3.8) is 0 Å². The lowest BCUT2D eigenvalue weighted by atomic mass is 10.0. The minimum atomic E-state index is -0.189. The number of nitrogens with one attached hydrogen (secondary N) is 2. The van der Waals surface area contributed by atoms with Gasteiger partial charge in [-0.2, -0.15) is 0 Å². The van der Waals surface area contributed by atoms with Crippen LogP contribution in [0.5, 0.6) is 0 Å². The second kappa shape index (κ2) is 12.8. The Labute approximate surface area is 183 Å². The molecule has 1 aliphatic heterocycles. The first-order valence-corrected chi connectivity index (χ1v) is 10.2. The van der Waals surface area contributed by atoms with Crippen molar-refractivity contribution < 1.29 is 9.13 Å². The first-order valence-electron chi connectivity index (χ1n) is 9.17. The number of aliphatic imine (C=N–C) groups is 1. The Morgan fingerprint density at radius 1 is 1.22 bits per heavy atom. The van der Waals surface area contributed by atoms with Crippen LogP contribution in [-0.4, -0.2) is 68.6 Å². The van der Waals surface area contributed by atoms with Crippen LogP contribution >= 0.6 is 35.7 Å². The van der Waals surface area contributed by atoms with Gasteiger partial charge in [-0.25, -0.2) is 4.39 Å². The van der Waals surface area contributed by atoms with Gasteiger partial charge < -0.3 is 15.4 Å². The minimum Gasteiger partial charge on any atom is -0.379 e. The van der Waals surface area contributed by atoms with Gasteiger partial charge in [0.05, 0.1) is 13.2 Å². The van der Waals surface area contributed by atoms with Crippen LogP contribution in [0.4, 0.5) is 4.39 Å². The molecule has 0 spiro atoms. The molecule has 0 saturated carbocycles. The lowest BCUT2D eigenvalue weighted by Gasteiger charge is -2.41. The summed E-state index contributed by atoms with van der Waals surface area (Å²) in [5, 5.41) is 6.79. The average Bonchev–Trinajstić information content (AvgIpc) is 2.66. The minimum absolute atomic E-state index is 0. The highest BCUT2D eigenvalue weighted by Gasteiger charge is 2.28. The molecular formula is C19H32FIN4OS. The molecule has 0 aliphatic carbocycles. The third-order valence-corrected chi connectivity index (χ3v) is 5.57. The average molecular weight is 510 g/mol. The van der Waals surface area contributed by atoms with E-state index in [0.29, 0.717) is 0 Å². The summed E-state index contributed by atoms with van der Waals surface area (Å²) in [7, 11) is 1.80. The first kappa shape index (κ1) is 24.5. The number of thioether (sulfide) groups is 1. The standard InChI is InChI=1S/C19H31FN4OS.HI/c1-19(2,24-10-12-25-13-11-24)15-23-18(21-3)22-9-4-14-26-17-7-5-16(20)6-8-17;/h5-8H,4,9-15H2,1-3H3,(H2,21,22,23);1H. The zero-order chi connectivity index (χ0) is 18.8. The van der Waals surface area contributed by atoms with E-state index in [2.05, 4.69) is 34.4 Å². The van der Waals surface area contributed by atoms with Gasteiger partial charge in [-0.3, -0.25) is 9.89 Å². The molecule has 5 nitrogen and oxygen atoms in total. The lowest BCUT2D eigenvalue weighted by Crippen LogP contribution is -2.56. The monoisotopic (exact) mass is 510 g/mol. The van der Waals surface area contributed by atoms with Gasteiger partial charge in [0.1, 0.15) is 5.82 Å². The molecule has 0 atom stereocenters. The van der Waals surface area contributed by atoms with Crippen molar-refractivity contribution in [2.75, 3.05) is 52.2 Å². The molecule has 27 heavy (non-hydrogen) atoms. The zero-order valence-electron chi connectivity index (χ0n) is 16.5. The number of hydrogen-bond acceptors (Lipinski definition) is 4. The highest BCUT2D eigenvalue weighted by molar-refractivity contribution is 14.0. The van der Waals surface area contributed by atoms with Gasteiger partial charge in [-0.05, 0) is 50.3 Å². The van der Waals surface area contributed by atoms with Crippen molar-refractivity contribution >= 4 is 41.7 Å². The SMILES string of the molecule is CN=C(NCCCSc1ccc(F)cc1)NCC(C)(C)N1CCOCC1.I. The van der Waals surface area contributed by atoms with E-state index < -0.39 is 0 Å². The quantitative estimate of drug-likeness (QED) is 0.185. The van der Waals surface area contributed by atoms with Crippen LogP contribution in [0.1, 0.15) is 20.3 Å². The molecule has 1 heterocycles. The number of benzene rings is 1. The van der Waals surface area contributed by atoms with Gasteiger partial charge in [0.15, 0.2) is 5.96 Å². The van der Waals surface area contributed by atoms with E-state index in [1.54, 1.807) is 18.8 Å². The number of rotatable bonds is 8. The van der Waals surface area contributed by atoms with Crippen molar-refractivity contribution in [1.82, 2.24) is 15.5 Å². The second-order valence-corrected chi connectivity index (χ2v) is 8.09. The maximum Gasteiger partial charge on any atom is 0.191 e. The topological polar surface area (TPSA) is 48.9 Å². The second-order valence-electron chi connectivity index (χ2n) is 6.92. The Kier molecular flexibility index (Phi) is 11.6. The molecule has 0 aromatic heterocycles. The fourth-order valence-electron chi connectivity index (χ4n) is 2.80. The van der Waals surface area contributed by atoms with Gasteiger partial charge in [-0.1, -0.05) is 0 Å². The summed E-state index contributed by atoms with van der Waals surface area (Å²) in [5.74, 6) is 1.62. The van der Waals surface area contributed by atoms with E-state index in [1.807, 2.05) is 12.1 Å². The Morgan fingerprint density at radius 3 is 2.52 bits per heavy atom. The third-order valence-electron chi connectivity index (χ3n) is 4.48. The highest BCUT2D eigenvalue weighted by atomic mass is 127. The van der Waals surface area contributed by atoms with E-state index >= 15 is 0 Å². The first-order chi connectivity index (χ1) is 12.5. The largest absolute Gasteiger partial charge is 0.379 e. The number of morpholine rings is 1. The molecule has 0 unspecified atom stereocenters. The molecule has 1 aliphatic rings. The summed E-state index contributed by atoms with van der Waals surface area (Å²) in [6.07, 6.45) is 1.01. The normalized spacial score (nSPS) is 15.9. The molecule has 0 radical (unpaired) electrons. The van der Waals surface area contributed by atoms with Gasteiger partial charge in [0.2, 0.25) is 0 Å². The Bertz CT molecular complexity index is 565. The molecule has 0 bridgehead atoms. The molecule has 1 saturated heterocycles. The van der Waals surface area contributed by atoms with Crippen LogP contribution < -0.4 is 10.6 Å². The van der Waals surface area contributed by atoms with Crippen molar-refractivity contribution in [2.45, 2.75) is 30.7 Å². The molecular weight excluding hydrogens is 478 g/mol.